The first-order valence-electron chi connectivity index (χ1n) is 27.8. The van der Waals surface area contributed by atoms with Crippen LogP contribution in [0, 0.1) is 37.3 Å². The monoisotopic (exact) mass is 1080 g/mol. The molecule has 3 unspecified atom stereocenters. The Morgan fingerprint density at radius 1 is 0.512 bits per heavy atom. The second kappa shape index (κ2) is 23.0. The van der Waals surface area contributed by atoms with Gasteiger partial charge in [-0.25, -0.2) is 8.78 Å². The lowest BCUT2D eigenvalue weighted by molar-refractivity contribution is -0.124. The van der Waals surface area contributed by atoms with Crippen molar-refractivity contribution >= 4 is 58.2 Å². The Bertz CT molecular complexity index is 3340. The average molecular weight is 1080 g/mol. The van der Waals surface area contributed by atoms with Gasteiger partial charge in [0.05, 0.1) is 41.0 Å². The van der Waals surface area contributed by atoms with Crippen molar-refractivity contribution in [3.8, 4) is 0 Å². The molecule has 3 aliphatic rings. The van der Waals surface area contributed by atoms with Crippen LogP contribution in [0.15, 0.2) is 127 Å². The van der Waals surface area contributed by atoms with Crippen LogP contribution in [-0.4, -0.2) is 64.9 Å². The summed E-state index contributed by atoms with van der Waals surface area (Å²) in [5.41, 5.74) is 6.49. The molecule has 0 radical (unpaired) electrons. The van der Waals surface area contributed by atoms with Crippen LogP contribution in [0.5, 0.6) is 0 Å². The van der Waals surface area contributed by atoms with Crippen LogP contribution >= 0.6 is 0 Å². The molecule has 80 heavy (non-hydrogen) atoms. The molecule has 6 amide bonds. The number of hydrogen-bond donors (Lipinski definition) is 3. The SMILES string of the molecule is CC(=O)Nc1ccc(C2C(C(=O)Nc3cc(C4CCN(c5cccc([C@H]6[C@@H](C(=O)Nc7cccc(C(C)(C)C)c7)CCCN6C(=O)c6c(C)cccc6F)c5)C4=O)cc(C(C)(C)C)c3)CCCN2C(=O)c2c(C)cccc2F)cc1. The van der Waals surface area contributed by atoms with Gasteiger partial charge in [-0.05, 0) is 156 Å². The van der Waals surface area contributed by atoms with Crippen LogP contribution in [0.1, 0.15) is 158 Å². The van der Waals surface area contributed by atoms with Crippen molar-refractivity contribution in [2.24, 2.45) is 11.8 Å². The summed E-state index contributed by atoms with van der Waals surface area (Å²) in [6, 6.07) is 35.4. The molecule has 3 fully saturated rings. The summed E-state index contributed by atoms with van der Waals surface area (Å²) >= 11 is 0. The quantitative estimate of drug-likeness (QED) is 0.118. The van der Waals surface area contributed by atoms with Crippen molar-refractivity contribution in [2.45, 2.75) is 123 Å². The minimum Gasteiger partial charge on any atom is -0.331 e. The summed E-state index contributed by atoms with van der Waals surface area (Å²) in [7, 11) is 0. The van der Waals surface area contributed by atoms with Gasteiger partial charge in [0, 0.05) is 49.3 Å². The third-order valence-corrected chi connectivity index (χ3v) is 16.1. The molecule has 416 valence electrons. The maximum absolute atomic E-state index is 15.6. The molecule has 14 heteroatoms. The average Bonchev–Trinajstić information content (AvgIpc) is 3.91. The van der Waals surface area contributed by atoms with E-state index in [4.69, 9.17) is 0 Å². The number of nitrogens with one attached hydrogen (secondary N) is 3. The molecule has 0 aliphatic carbocycles. The van der Waals surface area contributed by atoms with Crippen LogP contribution in [0.25, 0.3) is 0 Å². The van der Waals surface area contributed by atoms with Gasteiger partial charge in [0.25, 0.3) is 11.8 Å². The van der Waals surface area contributed by atoms with E-state index < -0.39 is 58.7 Å². The van der Waals surface area contributed by atoms with Crippen molar-refractivity contribution in [1.82, 2.24) is 9.80 Å². The Balaban J connectivity index is 1.02. The fourth-order valence-corrected chi connectivity index (χ4v) is 11.9. The largest absolute Gasteiger partial charge is 0.331 e. The maximum Gasteiger partial charge on any atom is 0.257 e. The number of benzene rings is 6. The topological polar surface area (TPSA) is 148 Å². The van der Waals surface area contributed by atoms with Gasteiger partial charge in [0.2, 0.25) is 23.6 Å². The Morgan fingerprint density at radius 3 is 1.59 bits per heavy atom. The first-order chi connectivity index (χ1) is 38.0. The molecule has 0 spiro atoms. The molecule has 3 aliphatic heterocycles. The predicted octanol–water partition coefficient (Wildman–Crippen LogP) is 13.1. The Hall–Kier alpha value is -8.00. The molecule has 3 heterocycles. The summed E-state index contributed by atoms with van der Waals surface area (Å²) in [6.07, 6.45) is 2.35. The van der Waals surface area contributed by atoms with E-state index in [-0.39, 0.29) is 53.3 Å². The lowest BCUT2D eigenvalue weighted by Crippen LogP contribution is -2.47. The highest BCUT2D eigenvalue weighted by Crippen LogP contribution is 2.44. The summed E-state index contributed by atoms with van der Waals surface area (Å²) in [5, 5.41) is 9.12. The third kappa shape index (κ3) is 11.9. The van der Waals surface area contributed by atoms with Crippen molar-refractivity contribution in [1.29, 1.82) is 0 Å². The van der Waals surface area contributed by atoms with E-state index in [1.54, 1.807) is 77.1 Å². The van der Waals surface area contributed by atoms with Gasteiger partial charge in [0.1, 0.15) is 11.6 Å². The van der Waals surface area contributed by atoms with Crippen molar-refractivity contribution in [3.05, 3.63) is 189 Å². The highest BCUT2D eigenvalue weighted by molar-refractivity contribution is 6.02. The van der Waals surface area contributed by atoms with Crippen molar-refractivity contribution in [3.63, 3.8) is 0 Å². The third-order valence-electron chi connectivity index (χ3n) is 16.1. The lowest BCUT2D eigenvalue weighted by Gasteiger charge is -2.41. The van der Waals surface area contributed by atoms with E-state index in [2.05, 4.69) is 57.5 Å². The molecule has 5 atom stereocenters. The molecule has 9 rings (SSSR count). The minimum atomic E-state index is -0.801. The van der Waals surface area contributed by atoms with Gasteiger partial charge in [0.15, 0.2) is 0 Å². The standard InChI is InChI=1S/C66H72F2N6O6/c1-39-16-10-24-54(67)56(39)63(79)73-31-14-22-52(58(73)42-26-28-47(29-27-42)69-41(3)75)61(77)71-49-35-44(34-46(38-49)66(7,8)9)51-30-33-72(62(51)78)50-21-12-18-43(36-50)59-53(60(76)70-48-20-13-19-45(37-48)65(4,5)6)23-15-32-74(59)64(80)57-40(2)17-11-25-55(57)68/h10-13,16-21,24-29,34-38,51-53,58-59H,14-15,22-23,30-33H2,1-9H3,(H,69,75)(H,70,76)(H,71,77)/t51?,52?,53-,58?,59-/m0/s1. The zero-order valence-corrected chi connectivity index (χ0v) is 47.2. The van der Waals surface area contributed by atoms with Crippen LogP contribution in [0.2, 0.25) is 0 Å². The predicted molar refractivity (Wildman–Crippen MR) is 310 cm³/mol. The van der Waals surface area contributed by atoms with E-state index in [1.807, 2.05) is 66.7 Å². The zero-order valence-electron chi connectivity index (χ0n) is 47.2. The number of anilines is 4. The zero-order chi connectivity index (χ0) is 57.4. The number of rotatable bonds is 11. The number of halogens is 2. The molecule has 0 bridgehead atoms. The molecular formula is C66H72F2N6O6. The van der Waals surface area contributed by atoms with Gasteiger partial charge < -0.3 is 30.7 Å². The Morgan fingerprint density at radius 2 is 1.04 bits per heavy atom. The van der Waals surface area contributed by atoms with E-state index >= 15 is 8.78 Å². The van der Waals surface area contributed by atoms with Crippen LogP contribution in [0.3, 0.4) is 0 Å². The summed E-state index contributed by atoms with van der Waals surface area (Å²) in [4.78, 5) is 90.4. The number of likely N-dealkylation sites (tertiary alicyclic amines) is 2. The smallest absolute Gasteiger partial charge is 0.257 e. The van der Waals surface area contributed by atoms with Gasteiger partial charge in [-0.1, -0.05) is 108 Å². The maximum atomic E-state index is 15.6. The molecular weight excluding hydrogens is 1010 g/mol. The number of piperidine rings is 2. The van der Waals surface area contributed by atoms with Gasteiger partial charge in [-0.3, -0.25) is 28.8 Å². The first-order valence-corrected chi connectivity index (χ1v) is 27.8. The van der Waals surface area contributed by atoms with Gasteiger partial charge >= 0.3 is 0 Å². The Labute approximate surface area is 468 Å². The highest BCUT2D eigenvalue weighted by Gasteiger charge is 2.44. The van der Waals surface area contributed by atoms with E-state index in [0.29, 0.717) is 89.2 Å². The first kappa shape index (κ1) is 56.7. The van der Waals surface area contributed by atoms with E-state index in [9.17, 15) is 28.8 Å². The molecule has 3 N–H and O–H groups in total. The number of hydrogen-bond acceptors (Lipinski definition) is 6. The van der Waals surface area contributed by atoms with Crippen molar-refractivity contribution < 1.29 is 37.5 Å². The van der Waals surface area contributed by atoms with E-state index in [0.717, 1.165) is 11.1 Å². The normalized spacial score (nSPS) is 19.6. The molecule has 12 nitrogen and oxygen atoms in total. The number of carbonyl (C=O) groups excluding carboxylic acids is 6. The second-order valence-corrected chi connectivity index (χ2v) is 23.9. The van der Waals surface area contributed by atoms with Crippen molar-refractivity contribution in [2.75, 3.05) is 40.5 Å². The highest BCUT2D eigenvalue weighted by atomic mass is 19.1. The fraction of sp³-hybridized carbons (Fsp3) is 0.364. The van der Waals surface area contributed by atoms with Crippen LogP contribution < -0.4 is 20.9 Å². The molecule has 0 saturated carbocycles. The van der Waals surface area contributed by atoms with Gasteiger partial charge in [-0.2, -0.15) is 0 Å². The number of carbonyl (C=O) groups is 6. The molecule has 3 saturated heterocycles. The summed E-state index contributed by atoms with van der Waals surface area (Å²) in [5.74, 6) is -5.43. The number of amides is 6. The Kier molecular flexibility index (Phi) is 16.3. The minimum absolute atomic E-state index is 0.0434. The number of aryl methyl sites for hydroxylation is 2. The molecule has 6 aromatic rings. The molecule has 0 aromatic heterocycles. The fourth-order valence-electron chi connectivity index (χ4n) is 11.9. The number of nitrogens with zero attached hydrogens (tertiary/aromatic N) is 3. The van der Waals surface area contributed by atoms with E-state index in [1.165, 1.54) is 19.1 Å². The van der Waals surface area contributed by atoms with Gasteiger partial charge in [-0.15, -0.1) is 0 Å². The summed E-state index contributed by atoms with van der Waals surface area (Å²) < 4.78 is 31.1. The molecule has 6 aromatic carbocycles. The lowest BCUT2D eigenvalue weighted by atomic mass is 9.82. The summed E-state index contributed by atoms with van der Waals surface area (Å²) in [6.45, 7) is 18.2. The second-order valence-electron chi connectivity index (χ2n) is 23.9. The van der Waals surface area contributed by atoms with Crippen LogP contribution in [-0.2, 0) is 30.0 Å². The van der Waals surface area contributed by atoms with Crippen LogP contribution in [0.4, 0.5) is 31.5 Å².